The molecule has 0 unspecified atom stereocenters. The SMILES string of the molecule is C=C1CC[C@@H]2C(C(=O)OC)=CO[C@@H](OC(C)=O)[C@@H]12. The van der Waals surface area contributed by atoms with Crippen LogP contribution < -0.4 is 0 Å². The molecule has 1 fully saturated rings. The van der Waals surface area contributed by atoms with E-state index >= 15 is 0 Å². The van der Waals surface area contributed by atoms with Gasteiger partial charge in [0.15, 0.2) is 0 Å². The largest absolute Gasteiger partial charge is 0.466 e. The first kappa shape index (κ1) is 12.7. The Morgan fingerprint density at radius 3 is 2.83 bits per heavy atom. The third-order valence-corrected chi connectivity index (χ3v) is 3.41. The first-order valence-electron chi connectivity index (χ1n) is 5.83. The van der Waals surface area contributed by atoms with Gasteiger partial charge < -0.3 is 14.2 Å². The highest BCUT2D eigenvalue weighted by molar-refractivity contribution is 5.89. The third-order valence-electron chi connectivity index (χ3n) is 3.41. The minimum absolute atomic E-state index is 0.0388. The predicted octanol–water partition coefficient (Wildman–Crippen LogP) is 1.55. The Balaban J connectivity index is 2.26. The maximum atomic E-state index is 11.6. The molecule has 1 saturated carbocycles. The van der Waals surface area contributed by atoms with Crippen molar-refractivity contribution in [1.29, 1.82) is 0 Å². The first-order valence-corrected chi connectivity index (χ1v) is 5.83. The molecule has 18 heavy (non-hydrogen) atoms. The van der Waals surface area contributed by atoms with Gasteiger partial charge in [-0.05, 0) is 12.8 Å². The molecular weight excluding hydrogens is 236 g/mol. The summed E-state index contributed by atoms with van der Waals surface area (Å²) >= 11 is 0. The number of ether oxygens (including phenoxy) is 3. The Morgan fingerprint density at radius 1 is 1.50 bits per heavy atom. The lowest BCUT2D eigenvalue weighted by Crippen LogP contribution is -2.36. The van der Waals surface area contributed by atoms with E-state index in [1.165, 1.54) is 20.3 Å². The lowest BCUT2D eigenvalue weighted by molar-refractivity contribution is -0.179. The van der Waals surface area contributed by atoms with Gasteiger partial charge in [0.05, 0.1) is 24.9 Å². The van der Waals surface area contributed by atoms with Gasteiger partial charge in [-0.15, -0.1) is 0 Å². The summed E-state index contributed by atoms with van der Waals surface area (Å²) in [6, 6.07) is 0. The van der Waals surface area contributed by atoms with E-state index in [0.717, 1.165) is 18.4 Å². The molecule has 5 heteroatoms. The van der Waals surface area contributed by atoms with E-state index in [1.807, 2.05) is 0 Å². The van der Waals surface area contributed by atoms with Crippen LogP contribution in [0.2, 0.25) is 0 Å². The fourth-order valence-corrected chi connectivity index (χ4v) is 2.60. The number of carbonyl (C=O) groups is 2. The van der Waals surface area contributed by atoms with Gasteiger partial charge in [-0.25, -0.2) is 4.79 Å². The molecule has 0 aromatic carbocycles. The van der Waals surface area contributed by atoms with E-state index in [-0.39, 0.29) is 11.8 Å². The van der Waals surface area contributed by atoms with Crippen molar-refractivity contribution in [2.75, 3.05) is 7.11 Å². The number of carbonyl (C=O) groups excluding carboxylic acids is 2. The van der Waals surface area contributed by atoms with Gasteiger partial charge in [0.1, 0.15) is 0 Å². The first-order chi connectivity index (χ1) is 8.54. The van der Waals surface area contributed by atoms with Crippen LogP contribution in [0.1, 0.15) is 19.8 Å². The smallest absolute Gasteiger partial charge is 0.337 e. The second kappa shape index (κ2) is 4.84. The number of esters is 2. The van der Waals surface area contributed by atoms with E-state index in [1.54, 1.807) is 0 Å². The van der Waals surface area contributed by atoms with E-state index in [2.05, 4.69) is 6.58 Å². The summed E-state index contributed by atoms with van der Waals surface area (Å²) in [5, 5.41) is 0. The molecule has 1 heterocycles. The van der Waals surface area contributed by atoms with Gasteiger partial charge in [-0.2, -0.15) is 0 Å². The van der Waals surface area contributed by atoms with Gasteiger partial charge in [0.2, 0.25) is 6.29 Å². The van der Waals surface area contributed by atoms with Crippen LogP contribution in [0.25, 0.3) is 0 Å². The zero-order chi connectivity index (χ0) is 13.3. The van der Waals surface area contributed by atoms with E-state index in [4.69, 9.17) is 14.2 Å². The second-order valence-electron chi connectivity index (χ2n) is 4.51. The van der Waals surface area contributed by atoms with Crippen molar-refractivity contribution in [1.82, 2.24) is 0 Å². The minimum atomic E-state index is -0.684. The number of rotatable bonds is 2. The molecule has 0 bridgehead atoms. The van der Waals surface area contributed by atoms with E-state index in [9.17, 15) is 9.59 Å². The standard InChI is InChI=1S/C13H16O5/c1-7-4-5-9-10(12(15)16-3)6-17-13(11(7)9)18-8(2)14/h6,9,11,13H,1,4-5H2,2-3H3/t9-,11+,13+/m1/s1. The van der Waals surface area contributed by atoms with Crippen molar-refractivity contribution >= 4 is 11.9 Å². The summed E-state index contributed by atoms with van der Waals surface area (Å²) in [4.78, 5) is 22.7. The van der Waals surface area contributed by atoms with Crippen LogP contribution >= 0.6 is 0 Å². The summed E-state index contributed by atoms with van der Waals surface area (Å²) in [6.45, 7) is 5.29. The number of hydrogen-bond donors (Lipinski definition) is 0. The number of methoxy groups -OCH3 is 1. The number of hydrogen-bond acceptors (Lipinski definition) is 5. The molecular formula is C13H16O5. The monoisotopic (exact) mass is 252 g/mol. The van der Waals surface area contributed by atoms with Crippen molar-refractivity contribution in [3.05, 3.63) is 24.0 Å². The average Bonchev–Trinajstić information content (AvgIpc) is 2.71. The van der Waals surface area contributed by atoms with Gasteiger partial charge in [0, 0.05) is 12.8 Å². The van der Waals surface area contributed by atoms with Crippen LogP contribution in [-0.2, 0) is 23.8 Å². The molecule has 5 nitrogen and oxygen atoms in total. The van der Waals surface area contributed by atoms with Crippen LogP contribution in [-0.4, -0.2) is 25.3 Å². The highest BCUT2D eigenvalue weighted by Gasteiger charge is 2.46. The van der Waals surface area contributed by atoms with Gasteiger partial charge in [-0.1, -0.05) is 12.2 Å². The fourth-order valence-electron chi connectivity index (χ4n) is 2.60. The maximum Gasteiger partial charge on any atom is 0.337 e. The maximum absolute atomic E-state index is 11.6. The van der Waals surface area contributed by atoms with Crippen molar-refractivity contribution < 1.29 is 23.8 Å². The molecule has 2 aliphatic rings. The Hall–Kier alpha value is -1.78. The highest BCUT2D eigenvalue weighted by Crippen LogP contribution is 2.45. The summed E-state index contributed by atoms with van der Waals surface area (Å²) in [7, 11) is 1.33. The molecule has 0 amide bonds. The molecule has 1 aliphatic heterocycles. The van der Waals surface area contributed by atoms with Gasteiger partial charge >= 0.3 is 11.9 Å². The minimum Gasteiger partial charge on any atom is -0.466 e. The Bertz CT molecular complexity index is 423. The predicted molar refractivity (Wildman–Crippen MR) is 62.1 cm³/mol. The van der Waals surface area contributed by atoms with Crippen LogP contribution in [0, 0.1) is 11.8 Å². The van der Waals surface area contributed by atoms with Crippen LogP contribution in [0.5, 0.6) is 0 Å². The molecule has 0 aromatic rings. The average molecular weight is 252 g/mol. The Kier molecular flexibility index (Phi) is 3.41. The summed E-state index contributed by atoms with van der Waals surface area (Å²) in [5.41, 5.74) is 1.44. The van der Waals surface area contributed by atoms with Crippen LogP contribution in [0.15, 0.2) is 24.0 Å². The molecule has 0 aromatic heterocycles. The quantitative estimate of drug-likeness (QED) is 0.551. The lowest BCUT2D eigenvalue weighted by Gasteiger charge is -2.32. The number of fused-ring (bicyclic) bond motifs is 1. The molecule has 1 aliphatic carbocycles. The van der Waals surface area contributed by atoms with Crippen molar-refractivity contribution in [3.63, 3.8) is 0 Å². The zero-order valence-corrected chi connectivity index (χ0v) is 10.5. The Labute approximate surface area is 105 Å². The molecule has 98 valence electrons. The highest BCUT2D eigenvalue weighted by atomic mass is 16.7. The summed E-state index contributed by atoms with van der Waals surface area (Å²) in [6.07, 6.45) is 2.26. The second-order valence-corrected chi connectivity index (χ2v) is 4.51. The normalized spacial score (nSPS) is 30.0. The molecule has 0 N–H and O–H groups in total. The van der Waals surface area contributed by atoms with Crippen molar-refractivity contribution in [2.45, 2.75) is 26.1 Å². The van der Waals surface area contributed by atoms with Crippen LogP contribution in [0.3, 0.4) is 0 Å². The fraction of sp³-hybridized carbons (Fsp3) is 0.538. The van der Waals surface area contributed by atoms with Crippen molar-refractivity contribution in [2.24, 2.45) is 11.8 Å². The molecule has 0 radical (unpaired) electrons. The van der Waals surface area contributed by atoms with Crippen molar-refractivity contribution in [3.8, 4) is 0 Å². The lowest BCUT2D eigenvalue weighted by atomic mass is 9.85. The summed E-state index contributed by atoms with van der Waals surface area (Å²) in [5.74, 6) is -1.01. The van der Waals surface area contributed by atoms with Gasteiger partial charge in [-0.3, -0.25) is 4.79 Å². The molecule has 2 rings (SSSR count). The topological polar surface area (TPSA) is 61.8 Å². The van der Waals surface area contributed by atoms with Gasteiger partial charge in [0.25, 0.3) is 0 Å². The van der Waals surface area contributed by atoms with E-state index < -0.39 is 18.2 Å². The summed E-state index contributed by atoms with van der Waals surface area (Å²) < 4.78 is 15.2. The molecule has 0 spiro atoms. The third kappa shape index (κ3) is 2.12. The zero-order valence-electron chi connectivity index (χ0n) is 10.5. The molecule has 3 atom stereocenters. The van der Waals surface area contributed by atoms with E-state index in [0.29, 0.717) is 5.57 Å². The Morgan fingerprint density at radius 2 is 2.22 bits per heavy atom. The van der Waals surface area contributed by atoms with Crippen LogP contribution in [0.4, 0.5) is 0 Å². The molecule has 0 saturated heterocycles.